The molecule has 24 heavy (non-hydrogen) atoms. The Morgan fingerprint density at radius 1 is 1.29 bits per heavy atom. The van der Waals surface area contributed by atoms with Crippen LogP contribution in [0.4, 0.5) is 5.69 Å². The van der Waals surface area contributed by atoms with Crippen molar-refractivity contribution in [3.63, 3.8) is 0 Å². The predicted octanol–water partition coefficient (Wildman–Crippen LogP) is 2.55. The van der Waals surface area contributed by atoms with Gasteiger partial charge >= 0.3 is 0 Å². The third kappa shape index (κ3) is 6.78. The smallest absolute Gasteiger partial charge is 0.232 e. The van der Waals surface area contributed by atoms with E-state index in [9.17, 15) is 13.2 Å². The maximum absolute atomic E-state index is 12.2. The molecule has 0 aliphatic heterocycles. The van der Waals surface area contributed by atoms with E-state index < -0.39 is 10.0 Å². The van der Waals surface area contributed by atoms with Crippen molar-refractivity contribution in [1.82, 2.24) is 5.32 Å². The molecule has 0 spiro atoms. The van der Waals surface area contributed by atoms with Crippen LogP contribution in [0.5, 0.6) is 5.75 Å². The third-order valence-electron chi connectivity index (χ3n) is 3.29. The van der Waals surface area contributed by atoms with E-state index in [1.54, 1.807) is 24.3 Å². The van der Waals surface area contributed by atoms with Crippen LogP contribution in [0.15, 0.2) is 24.3 Å². The lowest BCUT2D eigenvalue weighted by Crippen LogP contribution is -2.38. The number of anilines is 1. The lowest BCUT2D eigenvalue weighted by molar-refractivity contribution is -0.121. The number of ether oxygens (including phenoxy) is 1. The van der Waals surface area contributed by atoms with Gasteiger partial charge in [-0.15, -0.1) is 0 Å². The molecule has 0 fully saturated rings. The van der Waals surface area contributed by atoms with Crippen molar-refractivity contribution in [3.8, 4) is 5.75 Å². The second-order valence-corrected chi connectivity index (χ2v) is 7.83. The maximum atomic E-state index is 12.2. The summed E-state index contributed by atoms with van der Waals surface area (Å²) in [6, 6.07) is 7.01. The summed E-state index contributed by atoms with van der Waals surface area (Å²) in [5.41, 5.74) is 0.483. The van der Waals surface area contributed by atoms with Crippen LogP contribution >= 0.6 is 0 Å². The van der Waals surface area contributed by atoms with E-state index in [1.807, 2.05) is 20.8 Å². The Balaban J connectivity index is 2.86. The topological polar surface area (TPSA) is 75.7 Å². The molecule has 0 heterocycles. The van der Waals surface area contributed by atoms with Gasteiger partial charge in [0, 0.05) is 13.0 Å². The Morgan fingerprint density at radius 2 is 1.96 bits per heavy atom. The number of carbonyl (C=O) groups excluding carboxylic acids is 1. The standard InChI is InChI=1S/C17H28N2O4S/c1-5-6-11-17(20)18-12-13-19(24(4,21)22)15-9-7-8-10-16(15)23-14(2)3/h7-10,14H,5-6,11-13H2,1-4H3,(H,18,20). The minimum Gasteiger partial charge on any atom is -0.489 e. The number of para-hydroxylation sites is 2. The van der Waals surface area contributed by atoms with Gasteiger partial charge in [-0.2, -0.15) is 0 Å². The highest BCUT2D eigenvalue weighted by Gasteiger charge is 2.21. The van der Waals surface area contributed by atoms with Crippen LogP contribution in [0.1, 0.15) is 40.0 Å². The molecule has 0 saturated carbocycles. The minimum atomic E-state index is -3.49. The summed E-state index contributed by atoms with van der Waals surface area (Å²) in [5.74, 6) is 0.451. The highest BCUT2D eigenvalue weighted by molar-refractivity contribution is 7.92. The lowest BCUT2D eigenvalue weighted by Gasteiger charge is -2.25. The molecule has 1 aromatic carbocycles. The van der Waals surface area contributed by atoms with E-state index in [-0.39, 0.29) is 25.1 Å². The largest absolute Gasteiger partial charge is 0.489 e. The average Bonchev–Trinajstić information content (AvgIpc) is 2.48. The predicted molar refractivity (Wildman–Crippen MR) is 96.9 cm³/mol. The first kappa shape index (κ1) is 20.3. The number of nitrogens with one attached hydrogen (secondary N) is 1. The summed E-state index contributed by atoms with van der Waals surface area (Å²) < 4.78 is 31.3. The molecule has 1 N–H and O–H groups in total. The molecular formula is C17H28N2O4S. The van der Waals surface area contributed by atoms with Gasteiger partial charge in [0.15, 0.2) is 0 Å². The van der Waals surface area contributed by atoms with Crippen molar-refractivity contribution < 1.29 is 17.9 Å². The second-order valence-electron chi connectivity index (χ2n) is 5.92. The van der Waals surface area contributed by atoms with Gasteiger partial charge < -0.3 is 10.1 Å². The summed E-state index contributed by atoms with van der Waals surface area (Å²) >= 11 is 0. The van der Waals surface area contributed by atoms with Gasteiger partial charge in [0.05, 0.1) is 24.6 Å². The Morgan fingerprint density at radius 3 is 2.54 bits per heavy atom. The summed E-state index contributed by atoms with van der Waals surface area (Å²) in [7, 11) is -3.49. The molecule has 7 heteroatoms. The quantitative estimate of drug-likeness (QED) is 0.699. The Kier molecular flexibility index (Phi) is 8.04. The minimum absolute atomic E-state index is 0.0583. The van der Waals surface area contributed by atoms with Gasteiger partial charge in [-0.05, 0) is 32.4 Å². The van der Waals surface area contributed by atoms with E-state index in [2.05, 4.69) is 5.32 Å². The SMILES string of the molecule is CCCCC(=O)NCCN(c1ccccc1OC(C)C)S(C)(=O)=O. The molecule has 0 aliphatic carbocycles. The van der Waals surface area contributed by atoms with Gasteiger partial charge in [0.2, 0.25) is 15.9 Å². The van der Waals surface area contributed by atoms with Crippen molar-refractivity contribution in [2.45, 2.75) is 46.1 Å². The summed E-state index contributed by atoms with van der Waals surface area (Å²) in [4.78, 5) is 11.7. The molecule has 0 saturated heterocycles. The Hall–Kier alpha value is -1.76. The van der Waals surface area contributed by atoms with Crippen LogP contribution in [0.2, 0.25) is 0 Å². The number of sulfonamides is 1. The van der Waals surface area contributed by atoms with Crippen molar-refractivity contribution in [3.05, 3.63) is 24.3 Å². The van der Waals surface area contributed by atoms with E-state index >= 15 is 0 Å². The number of hydrogen-bond donors (Lipinski definition) is 1. The van der Waals surface area contributed by atoms with Crippen LogP contribution in [0.3, 0.4) is 0 Å². The number of amides is 1. The zero-order valence-electron chi connectivity index (χ0n) is 14.9. The van der Waals surface area contributed by atoms with Gasteiger partial charge in [-0.3, -0.25) is 9.10 Å². The first-order valence-electron chi connectivity index (χ1n) is 8.25. The van der Waals surface area contributed by atoms with Gasteiger partial charge in [-0.25, -0.2) is 8.42 Å². The van der Waals surface area contributed by atoms with Crippen molar-refractivity contribution in [2.24, 2.45) is 0 Å². The monoisotopic (exact) mass is 356 g/mol. The fraction of sp³-hybridized carbons (Fsp3) is 0.588. The molecule has 1 aromatic rings. The highest BCUT2D eigenvalue weighted by Crippen LogP contribution is 2.30. The maximum Gasteiger partial charge on any atom is 0.232 e. The second kappa shape index (κ2) is 9.52. The van der Waals surface area contributed by atoms with E-state index in [1.165, 1.54) is 4.31 Å². The first-order chi connectivity index (χ1) is 11.3. The zero-order chi connectivity index (χ0) is 18.2. The number of nitrogens with zero attached hydrogens (tertiary/aromatic N) is 1. The summed E-state index contributed by atoms with van der Waals surface area (Å²) in [6.07, 6.45) is 3.32. The number of unbranched alkanes of at least 4 members (excludes halogenated alkanes) is 1. The van der Waals surface area contributed by atoms with Crippen LogP contribution in [-0.4, -0.2) is 39.8 Å². The highest BCUT2D eigenvalue weighted by atomic mass is 32.2. The molecule has 0 aromatic heterocycles. The van der Waals surface area contributed by atoms with Crippen molar-refractivity contribution in [2.75, 3.05) is 23.7 Å². The molecule has 0 unspecified atom stereocenters. The molecule has 1 rings (SSSR count). The number of hydrogen-bond acceptors (Lipinski definition) is 4. The molecule has 0 atom stereocenters. The van der Waals surface area contributed by atoms with Crippen molar-refractivity contribution in [1.29, 1.82) is 0 Å². The summed E-state index contributed by atoms with van der Waals surface area (Å²) in [6.45, 7) is 6.20. The van der Waals surface area contributed by atoms with Crippen LogP contribution in [0.25, 0.3) is 0 Å². The van der Waals surface area contributed by atoms with Gasteiger partial charge in [0.1, 0.15) is 5.75 Å². The van der Waals surface area contributed by atoms with Gasteiger partial charge in [0.25, 0.3) is 0 Å². The normalized spacial score (nSPS) is 11.4. The molecule has 0 aliphatic rings. The van der Waals surface area contributed by atoms with E-state index in [0.717, 1.165) is 19.1 Å². The third-order valence-corrected chi connectivity index (χ3v) is 4.47. The molecule has 0 radical (unpaired) electrons. The number of benzene rings is 1. The zero-order valence-corrected chi connectivity index (χ0v) is 15.7. The van der Waals surface area contributed by atoms with Crippen LogP contribution < -0.4 is 14.4 Å². The summed E-state index contributed by atoms with van der Waals surface area (Å²) in [5, 5.41) is 2.76. The van der Waals surface area contributed by atoms with Crippen LogP contribution in [0, 0.1) is 0 Å². The molecule has 0 bridgehead atoms. The fourth-order valence-corrected chi connectivity index (χ4v) is 3.14. The van der Waals surface area contributed by atoms with Crippen LogP contribution in [-0.2, 0) is 14.8 Å². The molecule has 136 valence electrons. The lowest BCUT2D eigenvalue weighted by atomic mass is 10.2. The number of carbonyl (C=O) groups is 1. The average molecular weight is 356 g/mol. The molecule has 6 nitrogen and oxygen atoms in total. The van der Waals surface area contributed by atoms with E-state index in [4.69, 9.17) is 4.74 Å². The fourth-order valence-electron chi connectivity index (χ4n) is 2.20. The number of rotatable bonds is 10. The first-order valence-corrected chi connectivity index (χ1v) is 10.1. The van der Waals surface area contributed by atoms with Crippen molar-refractivity contribution >= 4 is 21.6 Å². The van der Waals surface area contributed by atoms with Gasteiger partial charge in [-0.1, -0.05) is 25.5 Å². The molecular weight excluding hydrogens is 328 g/mol. The van der Waals surface area contributed by atoms with E-state index in [0.29, 0.717) is 17.9 Å². The molecule has 1 amide bonds. The Labute approximate surface area is 145 Å². The Bertz CT molecular complexity index is 629.